The van der Waals surface area contributed by atoms with Gasteiger partial charge in [0.1, 0.15) is 11.5 Å². The summed E-state index contributed by atoms with van der Waals surface area (Å²) >= 11 is 0. The average Bonchev–Trinajstić information content (AvgIpc) is 3.09. The van der Waals surface area contributed by atoms with E-state index in [0.717, 1.165) is 16.8 Å². The van der Waals surface area contributed by atoms with Crippen molar-refractivity contribution in [3.05, 3.63) is 70.8 Å². The maximum atomic E-state index is 11.8. The number of methoxy groups -OCH3 is 2. The van der Waals surface area contributed by atoms with Crippen LogP contribution in [-0.4, -0.2) is 33.7 Å². The molecule has 0 aliphatic carbocycles. The van der Waals surface area contributed by atoms with Crippen LogP contribution >= 0.6 is 0 Å². The normalized spacial score (nSPS) is 10.9. The molecule has 0 aromatic heterocycles. The molecule has 0 amide bonds. The Kier molecular flexibility index (Phi) is 4.33. The van der Waals surface area contributed by atoms with E-state index in [2.05, 4.69) is 15.0 Å². The molecule has 2 aliphatic rings. The minimum atomic E-state index is -0.418. The molecule has 0 radical (unpaired) electrons. The fraction of sp³-hybridized carbons (Fsp3) is 0.150. The number of fused-ring (bicyclic) bond motifs is 1. The van der Waals surface area contributed by atoms with E-state index in [1.807, 2.05) is 53.1 Å². The predicted molar refractivity (Wildman–Crippen MR) is 101 cm³/mol. The zero-order valence-corrected chi connectivity index (χ0v) is 15.0. The van der Waals surface area contributed by atoms with Gasteiger partial charge in [-0.25, -0.2) is 9.78 Å². The highest BCUT2D eigenvalue weighted by atomic mass is 16.5. The molecule has 0 fully saturated rings. The first-order valence-electron chi connectivity index (χ1n) is 8.41. The van der Waals surface area contributed by atoms with Gasteiger partial charge >= 0.3 is 5.69 Å². The molecule has 7 heteroatoms. The SMILES string of the molecule is COc1ccc(-c2cnc3[nH]c(=O)nc-3n2Cc2ccccc2)c(OC)c1. The van der Waals surface area contributed by atoms with E-state index in [9.17, 15) is 4.79 Å². The fourth-order valence-electron chi connectivity index (χ4n) is 3.07. The van der Waals surface area contributed by atoms with Crippen molar-refractivity contribution in [2.24, 2.45) is 0 Å². The molecule has 0 atom stereocenters. The summed E-state index contributed by atoms with van der Waals surface area (Å²) in [6.07, 6.45) is 1.72. The summed E-state index contributed by atoms with van der Waals surface area (Å²) in [7, 11) is 3.22. The average molecular weight is 362 g/mol. The molecule has 2 aromatic carbocycles. The van der Waals surface area contributed by atoms with Gasteiger partial charge in [-0.05, 0) is 17.7 Å². The van der Waals surface area contributed by atoms with Crippen LogP contribution in [0.25, 0.3) is 22.9 Å². The minimum Gasteiger partial charge on any atom is -0.497 e. The van der Waals surface area contributed by atoms with Gasteiger partial charge in [0.05, 0.1) is 26.1 Å². The Bertz CT molecular complexity index is 1100. The highest BCUT2D eigenvalue weighted by Gasteiger charge is 2.20. The summed E-state index contributed by atoms with van der Waals surface area (Å²) < 4.78 is 12.8. The number of rotatable bonds is 5. The van der Waals surface area contributed by atoms with Gasteiger partial charge in [0, 0.05) is 18.2 Å². The number of hydrogen-bond donors (Lipinski definition) is 1. The summed E-state index contributed by atoms with van der Waals surface area (Å²) in [4.78, 5) is 22.9. The Labute approximate surface area is 155 Å². The maximum absolute atomic E-state index is 11.8. The second-order valence-electron chi connectivity index (χ2n) is 6.00. The lowest BCUT2D eigenvalue weighted by Crippen LogP contribution is -2.11. The number of nitrogens with zero attached hydrogens (tertiary/aromatic N) is 3. The molecule has 1 N–H and O–H groups in total. The zero-order valence-electron chi connectivity index (χ0n) is 15.0. The van der Waals surface area contributed by atoms with Crippen molar-refractivity contribution in [2.45, 2.75) is 6.54 Å². The number of imidazole rings is 1. The first-order valence-corrected chi connectivity index (χ1v) is 8.41. The van der Waals surface area contributed by atoms with Crippen molar-refractivity contribution in [2.75, 3.05) is 14.2 Å². The summed E-state index contributed by atoms with van der Waals surface area (Å²) in [5.41, 5.74) is 2.29. The van der Waals surface area contributed by atoms with Gasteiger partial charge in [-0.2, -0.15) is 4.98 Å². The molecule has 136 valence electrons. The van der Waals surface area contributed by atoms with Gasteiger partial charge in [0.25, 0.3) is 0 Å². The second-order valence-corrected chi connectivity index (χ2v) is 6.00. The van der Waals surface area contributed by atoms with Crippen molar-refractivity contribution in [1.29, 1.82) is 0 Å². The summed E-state index contributed by atoms with van der Waals surface area (Å²) in [6, 6.07) is 15.6. The molecule has 2 aliphatic heterocycles. The Morgan fingerprint density at radius 3 is 2.63 bits per heavy atom. The number of aromatic nitrogens is 4. The van der Waals surface area contributed by atoms with Crippen molar-refractivity contribution < 1.29 is 9.47 Å². The van der Waals surface area contributed by atoms with Gasteiger partial charge in [0.15, 0.2) is 11.6 Å². The van der Waals surface area contributed by atoms with Gasteiger partial charge in [-0.1, -0.05) is 30.3 Å². The molecular weight excluding hydrogens is 344 g/mol. The second kappa shape index (κ2) is 6.95. The van der Waals surface area contributed by atoms with E-state index in [-0.39, 0.29) is 0 Å². The van der Waals surface area contributed by atoms with E-state index in [1.54, 1.807) is 20.4 Å². The van der Waals surface area contributed by atoms with Crippen LogP contribution in [0.1, 0.15) is 5.56 Å². The summed E-state index contributed by atoms with van der Waals surface area (Å²) in [6.45, 7) is 0.536. The monoisotopic (exact) mass is 362 g/mol. The van der Waals surface area contributed by atoms with Crippen LogP contribution in [-0.2, 0) is 6.54 Å². The largest absolute Gasteiger partial charge is 0.497 e. The topological polar surface area (TPSA) is 82.0 Å². The summed E-state index contributed by atoms with van der Waals surface area (Å²) in [5.74, 6) is 2.29. The van der Waals surface area contributed by atoms with Crippen LogP contribution < -0.4 is 15.2 Å². The van der Waals surface area contributed by atoms with E-state index in [0.29, 0.717) is 29.7 Å². The quantitative estimate of drug-likeness (QED) is 0.590. The number of benzene rings is 2. The van der Waals surface area contributed by atoms with Crippen molar-refractivity contribution >= 4 is 0 Å². The van der Waals surface area contributed by atoms with Crippen LogP contribution in [0.2, 0.25) is 0 Å². The minimum absolute atomic E-state index is 0.418. The fourth-order valence-corrected chi connectivity index (χ4v) is 3.07. The highest BCUT2D eigenvalue weighted by Crippen LogP contribution is 2.35. The van der Waals surface area contributed by atoms with Gasteiger partial charge in [0.2, 0.25) is 0 Å². The first kappa shape index (κ1) is 16.8. The highest BCUT2D eigenvalue weighted by molar-refractivity contribution is 5.70. The smallest absolute Gasteiger partial charge is 0.348 e. The Morgan fingerprint density at radius 1 is 1.07 bits per heavy atom. The summed E-state index contributed by atoms with van der Waals surface area (Å²) in [5, 5.41) is 0. The van der Waals surface area contributed by atoms with E-state index in [1.165, 1.54) is 0 Å². The van der Waals surface area contributed by atoms with E-state index in [4.69, 9.17) is 9.47 Å². The standard InChI is InChI=1S/C20H18N4O3/c1-26-14-8-9-15(17(10-14)27-2)16-11-21-18-19(23-20(25)22-18)24(16)12-13-6-4-3-5-7-13/h3-11H,12H2,1-2H3,(H,21,22,25). The number of ether oxygens (including phenoxy) is 2. The van der Waals surface area contributed by atoms with Crippen LogP contribution in [0.4, 0.5) is 0 Å². The molecule has 4 rings (SSSR count). The molecule has 0 spiro atoms. The van der Waals surface area contributed by atoms with E-state index < -0.39 is 5.69 Å². The number of nitrogens with one attached hydrogen (secondary N) is 1. The van der Waals surface area contributed by atoms with Gasteiger partial charge in [-0.3, -0.25) is 4.98 Å². The third-order valence-electron chi connectivity index (χ3n) is 4.38. The molecule has 0 saturated carbocycles. The van der Waals surface area contributed by atoms with Crippen LogP contribution in [0.3, 0.4) is 0 Å². The lowest BCUT2D eigenvalue weighted by atomic mass is 10.1. The predicted octanol–water partition coefficient (Wildman–Crippen LogP) is 2.80. The van der Waals surface area contributed by atoms with E-state index >= 15 is 0 Å². The van der Waals surface area contributed by atoms with Crippen LogP contribution in [0.15, 0.2) is 59.5 Å². The maximum Gasteiger partial charge on any atom is 0.348 e. The molecule has 2 heterocycles. The van der Waals surface area contributed by atoms with Crippen molar-refractivity contribution in [3.8, 4) is 34.4 Å². The number of aromatic amines is 1. The van der Waals surface area contributed by atoms with Crippen LogP contribution in [0.5, 0.6) is 11.5 Å². The third-order valence-corrected chi connectivity index (χ3v) is 4.38. The Hall–Kier alpha value is -3.61. The lowest BCUT2D eigenvalue weighted by molar-refractivity contribution is 0.395. The zero-order chi connectivity index (χ0) is 18.8. The van der Waals surface area contributed by atoms with Crippen LogP contribution in [0, 0.1) is 0 Å². The van der Waals surface area contributed by atoms with Gasteiger partial charge in [-0.15, -0.1) is 0 Å². The Morgan fingerprint density at radius 2 is 1.89 bits per heavy atom. The van der Waals surface area contributed by atoms with Crippen molar-refractivity contribution in [1.82, 2.24) is 19.5 Å². The number of hydrogen-bond acceptors (Lipinski definition) is 5. The molecule has 0 saturated heterocycles. The molecule has 0 bridgehead atoms. The Balaban J connectivity index is 1.94. The van der Waals surface area contributed by atoms with Crippen molar-refractivity contribution in [3.63, 3.8) is 0 Å². The van der Waals surface area contributed by atoms with Gasteiger partial charge < -0.3 is 14.0 Å². The molecule has 27 heavy (non-hydrogen) atoms. The molecule has 2 aromatic rings. The molecule has 7 nitrogen and oxygen atoms in total. The third kappa shape index (κ3) is 3.15. The molecular formula is C20H18N4O3. The molecule has 0 unspecified atom stereocenters. The lowest BCUT2D eigenvalue weighted by Gasteiger charge is -2.18. The first-order chi connectivity index (χ1) is 13.2. The number of H-pyrrole nitrogens is 1.